The molecule has 0 aliphatic carbocycles. The summed E-state index contributed by atoms with van der Waals surface area (Å²) in [5.74, 6) is -0.122. The molecule has 6 nitrogen and oxygen atoms in total. The van der Waals surface area contributed by atoms with Gasteiger partial charge in [-0.2, -0.15) is 4.31 Å². The summed E-state index contributed by atoms with van der Waals surface area (Å²) in [6.45, 7) is 7.09. The third kappa shape index (κ3) is 5.67. The number of nitrogens with zero attached hydrogens (tertiary/aromatic N) is 1. The van der Waals surface area contributed by atoms with Crippen LogP contribution in [0.3, 0.4) is 0 Å². The number of nitrogens with one attached hydrogen (secondary N) is 1. The number of carbonyl (C=O) groups is 1. The summed E-state index contributed by atoms with van der Waals surface area (Å²) in [5, 5.41) is 2.90. The van der Waals surface area contributed by atoms with Crippen molar-refractivity contribution in [2.75, 3.05) is 19.6 Å². The SMILES string of the molecule is Cc1ccc(S(=O)(=O)N2CCC(C(=O)NCCC(C)N)CC2)cc1C.Cl. The van der Waals surface area contributed by atoms with Gasteiger partial charge in [0.15, 0.2) is 0 Å². The fourth-order valence-corrected chi connectivity index (χ4v) is 4.50. The topological polar surface area (TPSA) is 92.5 Å². The fourth-order valence-electron chi connectivity index (χ4n) is 2.95. The van der Waals surface area contributed by atoms with E-state index in [1.165, 1.54) is 4.31 Å². The lowest BCUT2D eigenvalue weighted by atomic mass is 9.97. The molecule has 0 bridgehead atoms. The lowest BCUT2D eigenvalue weighted by molar-refractivity contribution is -0.126. The quantitative estimate of drug-likeness (QED) is 0.759. The first kappa shape index (κ1) is 22.9. The first-order valence-corrected chi connectivity index (χ1v) is 10.3. The number of aryl methyl sites for hydroxylation is 2. The molecule has 0 spiro atoms. The Morgan fingerprint density at radius 2 is 1.88 bits per heavy atom. The minimum atomic E-state index is -3.49. The normalized spacial score (nSPS) is 17.4. The van der Waals surface area contributed by atoms with Crippen molar-refractivity contribution in [3.8, 4) is 0 Å². The zero-order valence-corrected chi connectivity index (χ0v) is 17.3. The van der Waals surface area contributed by atoms with Gasteiger partial charge in [0.05, 0.1) is 4.90 Å². The first-order chi connectivity index (χ1) is 11.7. The number of hydrogen-bond acceptors (Lipinski definition) is 4. The largest absolute Gasteiger partial charge is 0.356 e. The molecule has 0 saturated carbocycles. The van der Waals surface area contributed by atoms with E-state index in [1.807, 2.05) is 26.8 Å². The monoisotopic (exact) mass is 403 g/mol. The van der Waals surface area contributed by atoms with Crippen LogP contribution in [0.15, 0.2) is 23.1 Å². The Kier molecular flexibility index (Phi) is 8.53. The van der Waals surface area contributed by atoms with Gasteiger partial charge in [-0.1, -0.05) is 6.07 Å². The van der Waals surface area contributed by atoms with Gasteiger partial charge >= 0.3 is 0 Å². The highest BCUT2D eigenvalue weighted by atomic mass is 35.5. The van der Waals surface area contributed by atoms with Crippen LogP contribution in [0, 0.1) is 19.8 Å². The van der Waals surface area contributed by atoms with E-state index in [-0.39, 0.29) is 30.3 Å². The van der Waals surface area contributed by atoms with E-state index < -0.39 is 10.0 Å². The van der Waals surface area contributed by atoms with Crippen molar-refractivity contribution < 1.29 is 13.2 Å². The molecule has 0 radical (unpaired) electrons. The molecule has 8 heteroatoms. The maximum atomic E-state index is 12.8. The van der Waals surface area contributed by atoms with Gasteiger partial charge in [0.1, 0.15) is 0 Å². The Balaban J connectivity index is 0.00000338. The summed E-state index contributed by atoms with van der Waals surface area (Å²) >= 11 is 0. The summed E-state index contributed by atoms with van der Waals surface area (Å²) in [5.41, 5.74) is 7.71. The van der Waals surface area contributed by atoms with E-state index >= 15 is 0 Å². The molecular formula is C18H30ClN3O3S. The van der Waals surface area contributed by atoms with Crippen molar-refractivity contribution in [2.24, 2.45) is 11.7 Å². The number of hydrogen-bond donors (Lipinski definition) is 2. The fraction of sp³-hybridized carbons (Fsp3) is 0.611. The Hall–Kier alpha value is -1.15. The van der Waals surface area contributed by atoms with Crippen LogP contribution in [0.2, 0.25) is 0 Å². The minimum Gasteiger partial charge on any atom is -0.356 e. The van der Waals surface area contributed by atoms with E-state index in [0.29, 0.717) is 37.4 Å². The summed E-state index contributed by atoms with van der Waals surface area (Å²) in [6.07, 6.45) is 1.84. The van der Waals surface area contributed by atoms with Gasteiger partial charge in [-0.15, -0.1) is 12.4 Å². The predicted molar refractivity (Wildman–Crippen MR) is 106 cm³/mol. The minimum absolute atomic E-state index is 0. The van der Waals surface area contributed by atoms with Gasteiger partial charge in [0.2, 0.25) is 15.9 Å². The molecule has 1 heterocycles. The van der Waals surface area contributed by atoms with Crippen molar-refractivity contribution in [1.82, 2.24) is 9.62 Å². The van der Waals surface area contributed by atoms with E-state index in [1.54, 1.807) is 12.1 Å². The van der Waals surface area contributed by atoms with Crippen LogP contribution >= 0.6 is 12.4 Å². The number of benzene rings is 1. The molecule has 1 aromatic carbocycles. The highest BCUT2D eigenvalue weighted by Crippen LogP contribution is 2.25. The number of rotatable bonds is 6. The molecule has 1 atom stereocenters. The van der Waals surface area contributed by atoms with Gasteiger partial charge in [-0.25, -0.2) is 8.42 Å². The van der Waals surface area contributed by atoms with Crippen molar-refractivity contribution in [1.29, 1.82) is 0 Å². The zero-order chi connectivity index (χ0) is 18.6. The molecule has 1 aliphatic heterocycles. The van der Waals surface area contributed by atoms with E-state index in [2.05, 4.69) is 5.32 Å². The average Bonchev–Trinajstić information content (AvgIpc) is 2.57. The number of carbonyl (C=O) groups excluding carboxylic acids is 1. The molecule has 26 heavy (non-hydrogen) atoms. The Bertz CT molecular complexity index is 714. The van der Waals surface area contributed by atoms with Crippen LogP contribution in [0.25, 0.3) is 0 Å². The third-order valence-corrected chi connectivity index (χ3v) is 6.73. The molecule has 0 aromatic heterocycles. The molecule has 2 rings (SSSR count). The lowest BCUT2D eigenvalue weighted by Crippen LogP contribution is -2.43. The van der Waals surface area contributed by atoms with Crippen LogP contribution in [0.5, 0.6) is 0 Å². The zero-order valence-electron chi connectivity index (χ0n) is 15.7. The number of nitrogens with two attached hydrogens (primary N) is 1. The van der Waals surface area contributed by atoms with E-state index in [4.69, 9.17) is 5.73 Å². The van der Waals surface area contributed by atoms with Crippen LogP contribution in [0.1, 0.15) is 37.3 Å². The van der Waals surface area contributed by atoms with Crippen molar-refractivity contribution in [3.05, 3.63) is 29.3 Å². The van der Waals surface area contributed by atoms with Gasteiger partial charge in [0, 0.05) is 31.6 Å². The van der Waals surface area contributed by atoms with Crippen molar-refractivity contribution in [3.63, 3.8) is 0 Å². The van der Waals surface area contributed by atoms with Crippen LogP contribution in [-0.2, 0) is 14.8 Å². The second kappa shape index (κ2) is 9.69. The molecule has 1 saturated heterocycles. The van der Waals surface area contributed by atoms with Crippen LogP contribution in [-0.4, -0.2) is 44.3 Å². The lowest BCUT2D eigenvalue weighted by Gasteiger charge is -2.30. The summed E-state index contributed by atoms with van der Waals surface area (Å²) in [6, 6.07) is 5.27. The Morgan fingerprint density at radius 3 is 2.42 bits per heavy atom. The van der Waals surface area contributed by atoms with Gasteiger partial charge in [0.25, 0.3) is 0 Å². The average molecular weight is 404 g/mol. The Morgan fingerprint density at radius 1 is 1.27 bits per heavy atom. The second-order valence-electron chi connectivity index (χ2n) is 6.98. The molecule has 1 fully saturated rings. The van der Waals surface area contributed by atoms with Gasteiger partial charge in [-0.3, -0.25) is 4.79 Å². The van der Waals surface area contributed by atoms with Crippen molar-refractivity contribution in [2.45, 2.75) is 51.0 Å². The molecule has 148 valence electrons. The number of halogens is 1. The molecule has 1 aliphatic rings. The van der Waals surface area contributed by atoms with Gasteiger partial charge in [-0.05, 0) is 63.3 Å². The second-order valence-corrected chi connectivity index (χ2v) is 8.92. The number of sulfonamides is 1. The number of piperidine rings is 1. The predicted octanol–water partition coefficient (Wildman–Crippen LogP) is 1.98. The molecule has 1 unspecified atom stereocenters. The maximum absolute atomic E-state index is 12.8. The highest BCUT2D eigenvalue weighted by Gasteiger charge is 2.32. The van der Waals surface area contributed by atoms with Crippen LogP contribution < -0.4 is 11.1 Å². The summed E-state index contributed by atoms with van der Waals surface area (Å²) < 4.78 is 27.1. The highest BCUT2D eigenvalue weighted by molar-refractivity contribution is 7.89. The molecule has 3 N–H and O–H groups in total. The summed E-state index contributed by atoms with van der Waals surface area (Å²) in [7, 11) is -3.49. The smallest absolute Gasteiger partial charge is 0.243 e. The standard InChI is InChI=1S/C18H29N3O3S.ClH/c1-13-4-5-17(12-14(13)2)25(23,24)21-10-7-16(8-11-21)18(22)20-9-6-15(3)19;/h4-5,12,15-16H,6-11,19H2,1-3H3,(H,20,22);1H. The molecule has 1 aromatic rings. The Labute approximate surface area is 163 Å². The van der Waals surface area contributed by atoms with Crippen LogP contribution in [0.4, 0.5) is 0 Å². The molecular weight excluding hydrogens is 374 g/mol. The van der Waals surface area contributed by atoms with E-state index in [9.17, 15) is 13.2 Å². The van der Waals surface area contributed by atoms with Crippen molar-refractivity contribution >= 4 is 28.3 Å². The van der Waals surface area contributed by atoms with E-state index in [0.717, 1.165) is 17.5 Å². The molecule has 1 amide bonds. The first-order valence-electron chi connectivity index (χ1n) is 8.82. The maximum Gasteiger partial charge on any atom is 0.243 e. The van der Waals surface area contributed by atoms with Gasteiger partial charge < -0.3 is 11.1 Å². The number of amides is 1. The third-order valence-electron chi connectivity index (χ3n) is 4.84. The summed E-state index contributed by atoms with van der Waals surface area (Å²) in [4.78, 5) is 12.5.